The minimum Gasteiger partial charge on any atom is -0.332 e. The normalized spacial score (nSPS) is 10.6. The van der Waals surface area contributed by atoms with Gasteiger partial charge in [0.05, 0.1) is 5.69 Å². The molecule has 0 saturated carbocycles. The van der Waals surface area contributed by atoms with Crippen LogP contribution in [0.15, 0.2) is 72.1 Å². The van der Waals surface area contributed by atoms with Crippen LogP contribution in [0.2, 0.25) is 10.0 Å². The van der Waals surface area contributed by atoms with Crippen LogP contribution in [0.4, 0.5) is 16.5 Å². The molecule has 4 rings (SSSR count). The van der Waals surface area contributed by atoms with Gasteiger partial charge in [0.1, 0.15) is 0 Å². The summed E-state index contributed by atoms with van der Waals surface area (Å²) in [5, 5.41) is 9.84. The number of anilines is 3. The summed E-state index contributed by atoms with van der Waals surface area (Å²) in [6, 6.07) is 20.4. The molecule has 30 heavy (non-hydrogen) atoms. The minimum absolute atomic E-state index is 0.273. The molecule has 4 nitrogen and oxygen atoms in total. The lowest BCUT2D eigenvalue weighted by Crippen LogP contribution is -2.11. The Balaban J connectivity index is 1.45. The fourth-order valence-electron chi connectivity index (χ4n) is 2.92. The van der Waals surface area contributed by atoms with Crippen molar-refractivity contribution in [2.24, 2.45) is 0 Å². The van der Waals surface area contributed by atoms with Crippen molar-refractivity contribution in [2.75, 3.05) is 10.6 Å². The number of nitrogens with zero attached hydrogens (tertiary/aromatic N) is 1. The van der Waals surface area contributed by atoms with E-state index in [0.717, 1.165) is 22.1 Å². The SMILES string of the molecule is Cc1cccc(Nc2nc(-c3ccc(NC(=O)c4cc(Cl)cc(Cl)c4)cc3)cs2)c1. The Kier molecular flexibility index (Phi) is 6.04. The molecule has 150 valence electrons. The number of hydrogen-bond donors (Lipinski definition) is 2. The molecule has 0 aliphatic heterocycles. The van der Waals surface area contributed by atoms with Gasteiger partial charge in [0, 0.05) is 37.9 Å². The Hall–Kier alpha value is -2.86. The Morgan fingerprint density at radius 1 is 0.933 bits per heavy atom. The van der Waals surface area contributed by atoms with E-state index in [9.17, 15) is 4.79 Å². The number of halogens is 2. The highest BCUT2D eigenvalue weighted by Gasteiger charge is 2.10. The molecule has 1 heterocycles. The fourth-order valence-corrected chi connectivity index (χ4v) is 4.19. The lowest BCUT2D eigenvalue weighted by molar-refractivity contribution is 0.102. The number of hydrogen-bond acceptors (Lipinski definition) is 4. The molecule has 1 amide bonds. The van der Waals surface area contributed by atoms with Crippen LogP contribution >= 0.6 is 34.5 Å². The summed E-state index contributed by atoms with van der Waals surface area (Å²) in [6.07, 6.45) is 0. The maximum atomic E-state index is 12.4. The summed E-state index contributed by atoms with van der Waals surface area (Å²) in [6.45, 7) is 2.06. The smallest absolute Gasteiger partial charge is 0.255 e. The first-order valence-corrected chi connectivity index (χ1v) is 10.8. The number of benzene rings is 3. The Labute approximate surface area is 188 Å². The van der Waals surface area contributed by atoms with Gasteiger partial charge in [0.25, 0.3) is 5.91 Å². The quantitative estimate of drug-likeness (QED) is 0.330. The van der Waals surface area contributed by atoms with Gasteiger partial charge in [-0.15, -0.1) is 11.3 Å². The highest BCUT2D eigenvalue weighted by molar-refractivity contribution is 7.14. The third-order valence-corrected chi connectivity index (χ3v) is 5.53. The van der Waals surface area contributed by atoms with Crippen molar-refractivity contribution in [1.29, 1.82) is 0 Å². The van der Waals surface area contributed by atoms with E-state index in [2.05, 4.69) is 34.7 Å². The monoisotopic (exact) mass is 453 g/mol. The molecule has 0 bridgehead atoms. The van der Waals surface area contributed by atoms with Gasteiger partial charge in [-0.2, -0.15) is 0 Å². The summed E-state index contributed by atoms with van der Waals surface area (Å²) in [5.74, 6) is -0.273. The molecule has 4 aromatic rings. The van der Waals surface area contributed by atoms with E-state index in [1.165, 1.54) is 5.56 Å². The average Bonchev–Trinajstić information content (AvgIpc) is 3.16. The van der Waals surface area contributed by atoms with Crippen LogP contribution in [-0.4, -0.2) is 10.9 Å². The summed E-state index contributed by atoms with van der Waals surface area (Å²) >= 11 is 13.5. The van der Waals surface area contributed by atoms with Crippen molar-refractivity contribution in [3.05, 3.63) is 93.3 Å². The first-order chi connectivity index (χ1) is 14.5. The lowest BCUT2D eigenvalue weighted by atomic mass is 10.1. The van der Waals surface area contributed by atoms with Crippen LogP contribution in [0.25, 0.3) is 11.3 Å². The zero-order valence-corrected chi connectivity index (χ0v) is 18.3. The molecular formula is C23H17Cl2N3OS. The third-order valence-electron chi connectivity index (χ3n) is 4.34. The van der Waals surface area contributed by atoms with E-state index < -0.39 is 0 Å². The summed E-state index contributed by atoms with van der Waals surface area (Å²) < 4.78 is 0. The van der Waals surface area contributed by atoms with E-state index in [0.29, 0.717) is 21.3 Å². The second-order valence-electron chi connectivity index (χ2n) is 6.72. The largest absolute Gasteiger partial charge is 0.332 e. The molecule has 0 aliphatic carbocycles. The van der Waals surface area contributed by atoms with Gasteiger partial charge < -0.3 is 10.6 Å². The Morgan fingerprint density at radius 2 is 1.67 bits per heavy atom. The van der Waals surface area contributed by atoms with Crippen LogP contribution in [0.5, 0.6) is 0 Å². The molecule has 0 spiro atoms. The van der Waals surface area contributed by atoms with Gasteiger partial charge in [0.2, 0.25) is 0 Å². The lowest BCUT2D eigenvalue weighted by Gasteiger charge is -2.07. The van der Waals surface area contributed by atoms with Gasteiger partial charge in [0.15, 0.2) is 5.13 Å². The predicted octanol–water partition coefficient (Wildman–Crippen LogP) is 7.42. The molecule has 0 unspecified atom stereocenters. The van der Waals surface area contributed by atoms with Crippen molar-refractivity contribution >= 4 is 57.0 Å². The molecular weight excluding hydrogens is 437 g/mol. The molecule has 0 saturated heterocycles. The molecule has 3 aromatic carbocycles. The standard InChI is InChI=1S/C23H17Cl2N3OS/c1-14-3-2-4-20(9-14)27-23-28-21(13-30-23)15-5-7-19(8-6-15)26-22(29)16-10-17(24)12-18(25)11-16/h2-13H,1H3,(H,26,29)(H,27,28). The van der Waals surface area contributed by atoms with Crippen molar-refractivity contribution in [3.8, 4) is 11.3 Å². The van der Waals surface area contributed by atoms with E-state index in [1.54, 1.807) is 29.5 Å². The number of rotatable bonds is 5. The Morgan fingerprint density at radius 3 is 2.37 bits per heavy atom. The summed E-state index contributed by atoms with van der Waals surface area (Å²) in [7, 11) is 0. The number of carbonyl (C=O) groups excluding carboxylic acids is 1. The number of aromatic nitrogens is 1. The predicted molar refractivity (Wildman–Crippen MR) is 126 cm³/mol. The van der Waals surface area contributed by atoms with E-state index >= 15 is 0 Å². The van der Waals surface area contributed by atoms with Crippen LogP contribution in [0.1, 0.15) is 15.9 Å². The topological polar surface area (TPSA) is 54.0 Å². The van der Waals surface area contributed by atoms with E-state index in [1.807, 2.05) is 41.8 Å². The second kappa shape index (κ2) is 8.88. The fraction of sp³-hybridized carbons (Fsp3) is 0.0435. The molecule has 7 heteroatoms. The zero-order valence-electron chi connectivity index (χ0n) is 15.9. The summed E-state index contributed by atoms with van der Waals surface area (Å²) in [4.78, 5) is 17.1. The van der Waals surface area contributed by atoms with E-state index in [-0.39, 0.29) is 5.91 Å². The third kappa shape index (κ3) is 5.00. The van der Waals surface area contributed by atoms with Crippen LogP contribution in [0, 0.1) is 6.92 Å². The molecule has 0 atom stereocenters. The highest BCUT2D eigenvalue weighted by Crippen LogP contribution is 2.28. The number of carbonyl (C=O) groups is 1. The molecule has 0 aliphatic rings. The number of nitrogens with one attached hydrogen (secondary N) is 2. The maximum Gasteiger partial charge on any atom is 0.255 e. The zero-order chi connectivity index (χ0) is 21.1. The maximum absolute atomic E-state index is 12.4. The molecule has 1 aromatic heterocycles. The molecule has 2 N–H and O–H groups in total. The van der Waals surface area contributed by atoms with Gasteiger partial charge in [-0.3, -0.25) is 4.79 Å². The number of thiazole rings is 1. The minimum atomic E-state index is -0.273. The van der Waals surface area contributed by atoms with Gasteiger partial charge in [-0.25, -0.2) is 4.98 Å². The molecule has 0 fully saturated rings. The van der Waals surface area contributed by atoms with Gasteiger partial charge in [-0.1, -0.05) is 47.5 Å². The first-order valence-electron chi connectivity index (χ1n) is 9.13. The van der Waals surface area contributed by atoms with Gasteiger partial charge >= 0.3 is 0 Å². The van der Waals surface area contributed by atoms with Crippen molar-refractivity contribution < 1.29 is 4.79 Å². The van der Waals surface area contributed by atoms with Crippen LogP contribution in [-0.2, 0) is 0 Å². The second-order valence-corrected chi connectivity index (χ2v) is 8.45. The number of amides is 1. The molecule has 0 radical (unpaired) electrons. The number of aryl methyl sites for hydroxylation is 1. The van der Waals surface area contributed by atoms with Crippen LogP contribution < -0.4 is 10.6 Å². The Bertz CT molecular complexity index is 1190. The van der Waals surface area contributed by atoms with Crippen molar-refractivity contribution in [2.45, 2.75) is 6.92 Å². The first kappa shape index (κ1) is 20.4. The van der Waals surface area contributed by atoms with E-state index in [4.69, 9.17) is 23.2 Å². The van der Waals surface area contributed by atoms with Crippen molar-refractivity contribution in [3.63, 3.8) is 0 Å². The van der Waals surface area contributed by atoms with Crippen LogP contribution in [0.3, 0.4) is 0 Å². The summed E-state index contributed by atoms with van der Waals surface area (Å²) in [5.41, 5.74) is 5.11. The van der Waals surface area contributed by atoms with Crippen molar-refractivity contribution in [1.82, 2.24) is 4.98 Å². The average molecular weight is 454 g/mol. The van der Waals surface area contributed by atoms with Gasteiger partial charge in [-0.05, 0) is 55.0 Å². The highest BCUT2D eigenvalue weighted by atomic mass is 35.5.